The third kappa shape index (κ3) is 3.06. The first kappa shape index (κ1) is 15.2. The molecule has 3 rings (SSSR count). The summed E-state index contributed by atoms with van der Waals surface area (Å²) in [6.07, 6.45) is 1.63. The quantitative estimate of drug-likeness (QED) is 0.829. The van der Waals surface area contributed by atoms with E-state index in [9.17, 15) is 0 Å². The molecular formula is C16H19N7. The summed E-state index contributed by atoms with van der Waals surface area (Å²) in [6, 6.07) is 3.68. The maximum Gasteiger partial charge on any atom is 0.226 e. The number of hydrogen-bond donors (Lipinski definition) is 0. The molecule has 1 aliphatic heterocycles. The van der Waals surface area contributed by atoms with E-state index >= 15 is 0 Å². The van der Waals surface area contributed by atoms with Gasteiger partial charge in [0.15, 0.2) is 0 Å². The minimum absolute atomic E-state index is 0.398. The summed E-state index contributed by atoms with van der Waals surface area (Å²) in [5.74, 6) is 2.44. The summed E-state index contributed by atoms with van der Waals surface area (Å²) in [5, 5.41) is 8.95. The maximum atomic E-state index is 8.95. The van der Waals surface area contributed by atoms with Gasteiger partial charge in [-0.2, -0.15) is 5.26 Å². The summed E-state index contributed by atoms with van der Waals surface area (Å²) < 4.78 is 0. The van der Waals surface area contributed by atoms with Crippen LogP contribution < -0.4 is 9.80 Å². The lowest BCUT2D eigenvalue weighted by Gasteiger charge is -2.36. The number of aromatic nitrogens is 4. The van der Waals surface area contributed by atoms with E-state index in [2.05, 4.69) is 42.7 Å². The van der Waals surface area contributed by atoms with Crippen LogP contribution in [0.4, 0.5) is 11.8 Å². The molecule has 0 atom stereocenters. The molecule has 0 bridgehead atoms. The van der Waals surface area contributed by atoms with Crippen molar-refractivity contribution in [3.63, 3.8) is 0 Å². The zero-order chi connectivity index (χ0) is 16.4. The van der Waals surface area contributed by atoms with Crippen molar-refractivity contribution in [2.75, 3.05) is 36.0 Å². The van der Waals surface area contributed by atoms with Crippen molar-refractivity contribution < 1.29 is 0 Å². The number of nitriles is 1. The Morgan fingerprint density at radius 1 is 1.00 bits per heavy atom. The lowest BCUT2D eigenvalue weighted by atomic mass is 10.2. The largest absolute Gasteiger partial charge is 0.353 e. The topological polar surface area (TPSA) is 81.8 Å². The van der Waals surface area contributed by atoms with Gasteiger partial charge in [-0.15, -0.1) is 0 Å². The Bertz CT molecular complexity index is 758. The molecule has 1 fully saturated rings. The number of rotatable bonds is 2. The highest BCUT2D eigenvalue weighted by Gasteiger charge is 2.22. The summed E-state index contributed by atoms with van der Waals surface area (Å²) >= 11 is 0. The number of piperazine rings is 1. The highest BCUT2D eigenvalue weighted by atomic mass is 15.3. The molecule has 2 aromatic heterocycles. The van der Waals surface area contributed by atoms with Gasteiger partial charge in [0.1, 0.15) is 23.4 Å². The smallest absolute Gasteiger partial charge is 0.226 e. The minimum Gasteiger partial charge on any atom is -0.353 e. The van der Waals surface area contributed by atoms with Crippen LogP contribution >= 0.6 is 0 Å². The van der Waals surface area contributed by atoms with Crippen LogP contribution in [0.3, 0.4) is 0 Å². The van der Waals surface area contributed by atoms with Crippen molar-refractivity contribution >= 4 is 11.8 Å². The van der Waals surface area contributed by atoms with Crippen LogP contribution in [0.2, 0.25) is 0 Å². The molecule has 118 valence electrons. The molecule has 23 heavy (non-hydrogen) atoms. The van der Waals surface area contributed by atoms with E-state index in [1.54, 1.807) is 12.3 Å². The SMILES string of the molecule is Cc1nc(C)c(C)c(N2CCN(c3nccc(C#N)n3)CC2)n1. The van der Waals surface area contributed by atoms with E-state index in [-0.39, 0.29) is 0 Å². The Balaban J connectivity index is 1.75. The Labute approximate surface area is 135 Å². The summed E-state index contributed by atoms with van der Waals surface area (Å²) in [6.45, 7) is 9.30. The van der Waals surface area contributed by atoms with Gasteiger partial charge in [0.2, 0.25) is 5.95 Å². The van der Waals surface area contributed by atoms with E-state index in [0.717, 1.165) is 49.1 Å². The van der Waals surface area contributed by atoms with Crippen LogP contribution in [-0.4, -0.2) is 46.1 Å². The number of nitrogens with zero attached hydrogens (tertiary/aromatic N) is 7. The Morgan fingerprint density at radius 2 is 1.70 bits per heavy atom. The van der Waals surface area contributed by atoms with Crippen molar-refractivity contribution in [2.45, 2.75) is 20.8 Å². The molecule has 1 saturated heterocycles. The van der Waals surface area contributed by atoms with Crippen molar-refractivity contribution in [1.29, 1.82) is 5.26 Å². The van der Waals surface area contributed by atoms with Crippen molar-refractivity contribution in [3.05, 3.63) is 35.0 Å². The standard InChI is InChI=1S/C16H19N7/c1-11-12(2)19-13(3)20-15(11)22-6-8-23(9-7-22)16-18-5-4-14(10-17)21-16/h4-5H,6-9H2,1-3H3. The van der Waals surface area contributed by atoms with Gasteiger partial charge in [0, 0.05) is 43.6 Å². The normalized spacial score (nSPS) is 14.7. The van der Waals surface area contributed by atoms with Gasteiger partial charge in [-0.1, -0.05) is 0 Å². The number of anilines is 2. The molecule has 0 spiro atoms. The van der Waals surface area contributed by atoms with E-state index in [1.807, 2.05) is 13.8 Å². The van der Waals surface area contributed by atoms with Gasteiger partial charge >= 0.3 is 0 Å². The fourth-order valence-electron chi connectivity index (χ4n) is 2.74. The zero-order valence-corrected chi connectivity index (χ0v) is 13.6. The van der Waals surface area contributed by atoms with Gasteiger partial charge in [-0.25, -0.2) is 19.9 Å². The van der Waals surface area contributed by atoms with E-state index in [0.29, 0.717) is 11.6 Å². The van der Waals surface area contributed by atoms with Crippen LogP contribution in [0.25, 0.3) is 0 Å². The zero-order valence-electron chi connectivity index (χ0n) is 13.6. The van der Waals surface area contributed by atoms with E-state index in [1.165, 1.54) is 0 Å². The van der Waals surface area contributed by atoms with E-state index in [4.69, 9.17) is 5.26 Å². The third-order valence-electron chi connectivity index (χ3n) is 4.09. The van der Waals surface area contributed by atoms with Crippen LogP contribution in [0, 0.1) is 32.1 Å². The first-order valence-electron chi connectivity index (χ1n) is 7.63. The molecule has 0 aliphatic carbocycles. The summed E-state index contributed by atoms with van der Waals surface area (Å²) in [5.41, 5.74) is 2.56. The van der Waals surface area contributed by atoms with Crippen LogP contribution in [0.5, 0.6) is 0 Å². The second kappa shape index (κ2) is 6.16. The number of hydrogen-bond acceptors (Lipinski definition) is 7. The summed E-state index contributed by atoms with van der Waals surface area (Å²) in [7, 11) is 0. The van der Waals surface area contributed by atoms with Gasteiger partial charge < -0.3 is 9.80 Å². The van der Waals surface area contributed by atoms with Crippen LogP contribution in [-0.2, 0) is 0 Å². The first-order valence-corrected chi connectivity index (χ1v) is 7.63. The van der Waals surface area contributed by atoms with Gasteiger partial charge in [-0.3, -0.25) is 0 Å². The fraction of sp³-hybridized carbons (Fsp3) is 0.438. The summed E-state index contributed by atoms with van der Waals surface area (Å²) in [4.78, 5) is 21.9. The van der Waals surface area contributed by atoms with Crippen molar-refractivity contribution in [1.82, 2.24) is 19.9 Å². The minimum atomic E-state index is 0.398. The third-order valence-corrected chi connectivity index (χ3v) is 4.09. The predicted molar refractivity (Wildman–Crippen MR) is 87.4 cm³/mol. The highest BCUT2D eigenvalue weighted by molar-refractivity contribution is 5.50. The molecule has 0 amide bonds. The molecule has 0 unspecified atom stereocenters. The van der Waals surface area contributed by atoms with E-state index < -0.39 is 0 Å². The second-order valence-electron chi connectivity index (χ2n) is 5.63. The molecule has 7 heteroatoms. The highest BCUT2D eigenvalue weighted by Crippen LogP contribution is 2.22. The molecular weight excluding hydrogens is 290 g/mol. The maximum absolute atomic E-state index is 8.95. The Morgan fingerprint density at radius 3 is 2.39 bits per heavy atom. The monoisotopic (exact) mass is 309 g/mol. The van der Waals surface area contributed by atoms with Gasteiger partial charge in [0.25, 0.3) is 0 Å². The molecule has 3 heterocycles. The van der Waals surface area contributed by atoms with Crippen LogP contribution in [0.1, 0.15) is 22.8 Å². The lowest BCUT2D eigenvalue weighted by Crippen LogP contribution is -2.47. The Kier molecular flexibility index (Phi) is 4.06. The Hall–Kier alpha value is -2.75. The van der Waals surface area contributed by atoms with Gasteiger partial charge in [-0.05, 0) is 26.8 Å². The average Bonchev–Trinajstić information content (AvgIpc) is 2.58. The van der Waals surface area contributed by atoms with Gasteiger partial charge in [0.05, 0.1) is 0 Å². The van der Waals surface area contributed by atoms with Crippen molar-refractivity contribution in [3.8, 4) is 6.07 Å². The molecule has 2 aromatic rings. The average molecular weight is 309 g/mol. The molecule has 0 saturated carbocycles. The molecule has 0 aromatic carbocycles. The fourth-order valence-corrected chi connectivity index (χ4v) is 2.74. The van der Waals surface area contributed by atoms with Crippen molar-refractivity contribution in [2.24, 2.45) is 0 Å². The second-order valence-corrected chi connectivity index (χ2v) is 5.63. The molecule has 7 nitrogen and oxygen atoms in total. The molecule has 0 N–H and O–H groups in total. The van der Waals surface area contributed by atoms with Crippen LogP contribution in [0.15, 0.2) is 12.3 Å². The first-order chi connectivity index (χ1) is 11.1. The molecule has 0 radical (unpaired) electrons. The predicted octanol–water partition coefficient (Wildman–Crippen LogP) is 1.39. The molecule has 1 aliphatic rings. The number of aryl methyl sites for hydroxylation is 2. The lowest BCUT2D eigenvalue weighted by molar-refractivity contribution is 0.630.